The topological polar surface area (TPSA) is 124 Å². The Morgan fingerprint density at radius 2 is 1.91 bits per heavy atom. The molecule has 43 heavy (non-hydrogen) atoms. The standard InChI is InChI=1S/C31H32N6O5S/c1-18-14-21(9-11-24(18)33-28(38)17-41-4)36-30(29(34-31(36)43)25-8-6-7-13-32-25)23-15-19(2)35(20(23)3)26-12-10-22(42-5)16-27(26)37(39)40/h6-16,29-30H,17H2,1-5H3,(H,33,38)(H,34,43)/t29-,30+/m1/s1. The number of benzene rings is 2. The Kier molecular flexibility index (Phi) is 8.42. The zero-order valence-corrected chi connectivity index (χ0v) is 25.3. The predicted molar refractivity (Wildman–Crippen MR) is 168 cm³/mol. The number of hydrogen-bond donors (Lipinski definition) is 2. The van der Waals surface area contributed by atoms with Crippen LogP contribution in [-0.2, 0) is 9.53 Å². The number of carbonyl (C=O) groups excluding carboxylic acids is 1. The summed E-state index contributed by atoms with van der Waals surface area (Å²) in [4.78, 5) is 30.5. The van der Waals surface area contributed by atoms with Crippen molar-refractivity contribution in [2.75, 3.05) is 31.0 Å². The molecular weight excluding hydrogens is 568 g/mol. The number of thiocarbonyl (C=S) groups is 1. The zero-order valence-electron chi connectivity index (χ0n) is 24.5. The van der Waals surface area contributed by atoms with E-state index in [0.717, 1.165) is 33.9 Å². The monoisotopic (exact) mass is 600 g/mol. The van der Waals surface area contributed by atoms with Crippen molar-refractivity contribution in [3.05, 3.63) is 105 Å². The molecule has 12 heteroatoms. The van der Waals surface area contributed by atoms with Gasteiger partial charge in [0.05, 0.1) is 35.9 Å². The first-order chi connectivity index (χ1) is 20.6. The molecule has 11 nitrogen and oxygen atoms in total. The number of aryl methyl sites for hydroxylation is 2. The average molecular weight is 601 g/mol. The molecule has 1 amide bonds. The van der Waals surface area contributed by atoms with Gasteiger partial charge in [-0.25, -0.2) is 0 Å². The predicted octanol–water partition coefficient (Wildman–Crippen LogP) is 5.48. The number of rotatable bonds is 9. The number of nitrogens with zero attached hydrogens (tertiary/aromatic N) is 4. The summed E-state index contributed by atoms with van der Waals surface area (Å²) in [6, 6.07) is 17.7. The maximum Gasteiger partial charge on any atom is 0.296 e. The van der Waals surface area contributed by atoms with Gasteiger partial charge in [0.15, 0.2) is 5.11 Å². The van der Waals surface area contributed by atoms with Crippen LogP contribution in [-0.4, -0.2) is 46.3 Å². The van der Waals surface area contributed by atoms with Crippen molar-refractivity contribution >= 4 is 40.3 Å². The molecule has 2 aromatic heterocycles. The van der Waals surface area contributed by atoms with E-state index in [4.69, 9.17) is 21.7 Å². The number of amides is 1. The van der Waals surface area contributed by atoms with Gasteiger partial charge < -0.3 is 29.6 Å². The molecule has 0 unspecified atom stereocenters. The van der Waals surface area contributed by atoms with Crippen LogP contribution < -0.4 is 20.3 Å². The molecule has 1 aliphatic rings. The van der Waals surface area contributed by atoms with E-state index in [9.17, 15) is 14.9 Å². The summed E-state index contributed by atoms with van der Waals surface area (Å²) in [5.41, 5.74) is 6.11. The maximum atomic E-state index is 12.1. The summed E-state index contributed by atoms with van der Waals surface area (Å²) < 4.78 is 12.1. The second kappa shape index (κ2) is 12.2. The van der Waals surface area contributed by atoms with E-state index >= 15 is 0 Å². The minimum Gasteiger partial charge on any atom is -0.496 e. The molecule has 1 saturated heterocycles. The van der Waals surface area contributed by atoms with Crippen LogP contribution in [0.3, 0.4) is 0 Å². The first-order valence-electron chi connectivity index (χ1n) is 13.6. The fraction of sp³-hybridized carbons (Fsp3) is 0.258. The normalized spacial score (nSPS) is 16.2. The number of aromatic nitrogens is 2. The van der Waals surface area contributed by atoms with Gasteiger partial charge in [-0.05, 0) is 92.6 Å². The number of ether oxygens (including phenoxy) is 2. The summed E-state index contributed by atoms with van der Waals surface area (Å²) >= 11 is 5.91. The molecule has 0 bridgehead atoms. The van der Waals surface area contributed by atoms with Gasteiger partial charge in [0, 0.05) is 36.1 Å². The number of hydrogen-bond acceptors (Lipinski definition) is 7. The van der Waals surface area contributed by atoms with Crippen molar-refractivity contribution in [2.24, 2.45) is 0 Å². The van der Waals surface area contributed by atoms with Gasteiger partial charge in [0.1, 0.15) is 18.0 Å². The SMILES string of the molecule is COCC(=O)Nc1ccc(N2C(=S)N[C@H](c3ccccn3)[C@@H]2c2cc(C)n(-c3ccc(OC)cc3[N+](=O)[O-])c2C)cc1C. The van der Waals surface area contributed by atoms with Crippen molar-refractivity contribution in [2.45, 2.75) is 32.9 Å². The highest BCUT2D eigenvalue weighted by Crippen LogP contribution is 2.45. The summed E-state index contributed by atoms with van der Waals surface area (Å²) in [6.07, 6.45) is 1.74. The van der Waals surface area contributed by atoms with Crippen LogP contribution in [0, 0.1) is 30.9 Å². The third-order valence-corrected chi connectivity index (χ3v) is 7.86. The van der Waals surface area contributed by atoms with Crippen LogP contribution in [0.4, 0.5) is 17.1 Å². The van der Waals surface area contributed by atoms with Crippen LogP contribution in [0.5, 0.6) is 5.75 Å². The van der Waals surface area contributed by atoms with Crippen molar-refractivity contribution in [1.82, 2.24) is 14.9 Å². The van der Waals surface area contributed by atoms with Gasteiger partial charge in [0.25, 0.3) is 5.69 Å². The second-order valence-corrected chi connectivity index (χ2v) is 10.6. The second-order valence-electron chi connectivity index (χ2n) is 10.3. The minimum absolute atomic E-state index is 0.0445. The molecule has 1 aliphatic heterocycles. The van der Waals surface area contributed by atoms with E-state index in [1.807, 2.05) is 72.7 Å². The minimum atomic E-state index is -0.401. The molecule has 0 aliphatic carbocycles. The number of pyridine rings is 1. The third kappa shape index (κ3) is 5.66. The molecular formula is C31H32N6O5S. The van der Waals surface area contributed by atoms with E-state index in [-0.39, 0.29) is 30.3 Å². The summed E-state index contributed by atoms with van der Waals surface area (Å²) in [6.45, 7) is 5.74. The molecule has 2 aromatic carbocycles. The smallest absolute Gasteiger partial charge is 0.296 e. The van der Waals surface area contributed by atoms with E-state index < -0.39 is 4.92 Å². The molecule has 2 atom stereocenters. The summed E-state index contributed by atoms with van der Waals surface area (Å²) in [7, 11) is 2.95. The van der Waals surface area contributed by atoms with E-state index in [1.54, 1.807) is 18.3 Å². The highest BCUT2D eigenvalue weighted by Gasteiger charge is 2.42. The number of nitro groups is 1. The van der Waals surface area contributed by atoms with E-state index in [1.165, 1.54) is 20.3 Å². The van der Waals surface area contributed by atoms with Crippen LogP contribution in [0.1, 0.15) is 40.3 Å². The number of carbonyl (C=O) groups is 1. The zero-order chi connectivity index (χ0) is 30.8. The Morgan fingerprint density at radius 3 is 2.56 bits per heavy atom. The van der Waals surface area contributed by atoms with E-state index in [2.05, 4.69) is 15.6 Å². The third-order valence-electron chi connectivity index (χ3n) is 7.54. The fourth-order valence-corrected chi connectivity index (χ4v) is 5.97. The number of methoxy groups -OCH3 is 2. The van der Waals surface area contributed by atoms with Gasteiger partial charge in [-0.15, -0.1) is 0 Å². The van der Waals surface area contributed by atoms with Crippen LogP contribution in [0.25, 0.3) is 5.69 Å². The van der Waals surface area contributed by atoms with E-state index in [0.29, 0.717) is 22.2 Å². The lowest BCUT2D eigenvalue weighted by Gasteiger charge is -2.29. The Morgan fingerprint density at radius 1 is 1.12 bits per heavy atom. The lowest BCUT2D eigenvalue weighted by molar-refractivity contribution is -0.384. The molecule has 3 heterocycles. The van der Waals surface area contributed by atoms with Gasteiger partial charge in [-0.1, -0.05) is 6.07 Å². The molecule has 1 fully saturated rings. The molecule has 0 spiro atoms. The Balaban J connectivity index is 1.64. The van der Waals surface area contributed by atoms with Crippen LogP contribution >= 0.6 is 12.2 Å². The molecule has 0 radical (unpaired) electrons. The highest BCUT2D eigenvalue weighted by molar-refractivity contribution is 7.80. The molecule has 2 N–H and O–H groups in total. The van der Waals surface area contributed by atoms with Gasteiger partial charge in [-0.2, -0.15) is 0 Å². The largest absolute Gasteiger partial charge is 0.496 e. The van der Waals surface area contributed by atoms with Gasteiger partial charge >= 0.3 is 0 Å². The summed E-state index contributed by atoms with van der Waals surface area (Å²) in [5.74, 6) is 0.159. The Labute approximate surface area is 254 Å². The average Bonchev–Trinajstić information content (AvgIpc) is 3.48. The quantitative estimate of drug-likeness (QED) is 0.146. The molecule has 0 saturated carbocycles. The molecule has 222 valence electrons. The molecule has 4 aromatic rings. The first-order valence-corrected chi connectivity index (χ1v) is 14.0. The lowest BCUT2D eigenvalue weighted by Crippen LogP contribution is -2.29. The van der Waals surface area contributed by atoms with Crippen LogP contribution in [0.15, 0.2) is 66.9 Å². The van der Waals surface area contributed by atoms with Crippen molar-refractivity contribution in [3.8, 4) is 11.4 Å². The van der Waals surface area contributed by atoms with Crippen molar-refractivity contribution in [1.29, 1.82) is 0 Å². The lowest BCUT2D eigenvalue weighted by atomic mass is 9.96. The highest BCUT2D eigenvalue weighted by atomic mass is 32.1. The van der Waals surface area contributed by atoms with Gasteiger partial charge in [0.2, 0.25) is 5.91 Å². The number of nitro benzene ring substituents is 1. The fourth-order valence-electron chi connectivity index (χ4n) is 5.63. The first kappa shape index (κ1) is 29.7. The van der Waals surface area contributed by atoms with Crippen molar-refractivity contribution < 1.29 is 19.2 Å². The Bertz CT molecular complexity index is 1710. The maximum absolute atomic E-state index is 12.1. The summed E-state index contributed by atoms with van der Waals surface area (Å²) in [5, 5.41) is 18.9. The number of nitrogens with one attached hydrogen (secondary N) is 2. The Hall–Kier alpha value is -4.81. The number of anilines is 2. The van der Waals surface area contributed by atoms with Gasteiger partial charge in [-0.3, -0.25) is 19.9 Å². The molecule has 5 rings (SSSR count). The van der Waals surface area contributed by atoms with Crippen LogP contribution in [0.2, 0.25) is 0 Å². The van der Waals surface area contributed by atoms with Crippen molar-refractivity contribution in [3.63, 3.8) is 0 Å².